The molecule has 118 valence electrons. The average Bonchev–Trinajstić information content (AvgIpc) is 3.20. The van der Waals surface area contributed by atoms with Gasteiger partial charge in [0, 0.05) is 17.5 Å². The highest BCUT2D eigenvalue weighted by Gasteiger charge is 2.33. The molecule has 0 amide bonds. The zero-order valence-corrected chi connectivity index (χ0v) is 13.9. The summed E-state index contributed by atoms with van der Waals surface area (Å²) in [5.74, 6) is 0.843. The summed E-state index contributed by atoms with van der Waals surface area (Å²) in [5.41, 5.74) is 5.73. The van der Waals surface area contributed by atoms with Gasteiger partial charge >= 0.3 is 0 Å². The van der Waals surface area contributed by atoms with E-state index in [1.54, 1.807) is 11.8 Å². The maximum absolute atomic E-state index is 11.8. The van der Waals surface area contributed by atoms with Crippen molar-refractivity contribution in [2.45, 2.75) is 66.8 Å². The predicted octanol–water partition coefficient (Wildman–Crippen LogP) is 1.52. The van der Waals surface area contributed by atoms with E-state index in [4.69, 9.17) is 5.73 Å². The van der Waals surface area contributed by atoms with Gasteiger partial charge in [0.2, 0.25) is 0 Å². The Kier molecular flexibility index (Phi) is 4.29. The highest BCUT2D eigenvalue weighted by Crippen LogP contribution is 2.41. The van der Waals surface area contributed by atoms with Crippen LogP contribution in [0.25, 0.3) is 0 Å². The number of nitrogens with two attached hydrogens (primary N) is 1. The Morgan fingerprint density at radius 3 is 2.67 bits per heavy atom. The number of hydrogen-bond donors (Lipinski definition) is 1. The van der Waals surface area contributed by atoms with Crippen LogP contribution in [0.3, 0.4) is 0 Å². The lowest BCUT2D eigenvalue weighted by Crippen LogP contribution is -2.28. The van der Waals surface area contributed by atoms with Crippen molar-refractivity contribution >= 4 is 21.6 Å². The molecule has 1 aromatic heterocycles. The summed E-state index contributed by atoms with van der Waals surface area (Å²) in [6.07, 6.45) is 7.20. The fourth-order valence-electron chi connectivity index (χ4n) is 2.97. The van der Waals surface area contributed by atoms with E-state index in [-0.39, 0.29) is 5.25 Å². The third kappa shape index (κ3) is 3.43. The molecule has 1 aromatic rings. The fourth-order valence-corrected chi connectivity index (χ4v) is 5.64. The van der Waals surface area contributed by atoms with E-state index in [1.807, 2.05) is 0 Å². The largest absolute Gasteiger partial charge is 0.324 e. The second-order valence-electron chi connectivity index (χ2n) is 6.06. The molecule has 21 heavy (non-hydrogen) atoms. The topological polar surface area (TPSA) is 90.9 Å². The Hall–Kier alpha value is -0.600. The Bertz CT molecular complexity index is 610. The molecule has 0 bridgehead atoms. The highest BCUT2D eigenvalue weighted by molar-refractivity contribution is 7.99. The van der Waals surface area contributed by atoms with E-state index in [9.17, 15) is 8.42 Å². The minimum Gasteiger partial charge on any atom is -0.324 e. The molecule has 2 unspecified atom stereocenters. The number of aromatic nitrogens is 3. The summed E-state index contributed by atoms with van der Waals surface area (Å²) in [6.45, 7) is 0.403. The van der Waals surface area contributed by atoms with Gasteiger partial charge in [0.15, 0.2) is 5.16 Å². The molecule has 3 rings (SSSR count). The SMILES string of the molecule is CS(=O)(=O)C1CCCC(Sc2nnc(CN)n2C2CC2)C1. The molecule has 8 heteroatoms. The third-order valence-corrected chi connectivity index (χ3v) is 7.18. The minimum atomic E-state index is -2.94. The van der Waals surface area contributed by atoms with Crippen LogP contribution in [0.1, 0.15) is 50.4 Å². The maximum atomic E-state index is 11.8. The van der Waals surface area contributed by atoms with Gasteiger partial charge < -0.3 is 10.3 Å². The van der Waals surface area contributed by atoms with Gasteiger partial charge in [-0.1, -0.05) is 18.2 Å². The Labute approximate surface area is 129 Å². The average molecular weight is 330 g/mol. The first-order chi connectivity index (χ1) is 9.99. The fraction of sp³-hybridized carbons (Fsp3) is 0.846. The lowest BCUT2D eigenvalue weighted by atomic mass is 10.00. The van der Waals surface area contributed by atoms with Gasteiger partial charge in [-0.2, -0.15) is 0 Å². The van der Waals surface area contributed by atoms with Crippen molar-refractivity contribution in [3.63, 3.8) is 0 Å². The van der Waals surface area contributed by atoms with Gasteiger partial charge in [-0.3, -0.25) is 0 Å². The predicted molar refractivity (Wildman–Crippen MR) is 82.9 cm³/mol. The van der Waals surface area contributed by atoms with E-state index < -0.39 is 9.84 Å². The molecule has 0 saturated heterocycles. The molecule has 0 spiro atoms. The molecular formula is C13H22N4O2S2. The van der Waals surface area contributed by atoms with Crippen LogP contribution in [0.4, 0.5) is 0 Å². The van der Waals surface area contributed by atoms with E-state index in [0.29, 0.717) is 17.8 Å². The maximum Gasteiger partial charge on any atom is 0.191 e. The lowest BCUT2D eigenvalue weighted by Gasteiger charge is -2.27. The van der Waals surface area contributed by atoms with E-state index in [2.05, 4.69) is 14.8 Å². The Morgan fingerprint density at radius 1 is 1.29 bits per heavy atom. The van der Waals surface area contributed by atoms with Crippen LogP contribution in [0.2, 0.25) is 0 Å². The van der Waals surface area contributed by atoms with Crippen molar-refractivity contribution in [2.75, 3.05) is 6.26 Å². The summed E-state index contributed by atoms with van der Waals surface area (Å²) >= 11 is 1.68. The molecule has 2 N–H and O–H groups in total. The van der Waals surface area contributed by atoms with Crippen LogP contribution in [0, 0.1) is 0 Å². The van der Waals surface area contributed by atoms with Gasteiger partial charge in [0.25, 0.3) is 0 Å². The second-order valence-corrected chi connectivity index (χ2v) is 9.66. The van der Waals surface area contributed by atoms with Crippen molar-refractivity contribution < 1.29 is 8.42 Å². The van der Waals surface area contributed by atoms with Crippen molar-refractivity contribution in [3.05, 3.63) is 5.82 Å². The summed E-state index contributed by atoms with van der Waals surface area (Å²) < 4.78 is 25.7. The molecule has 6 nitrogen and oxygen atoms in total. The highest BCUT2D eigenvalue weighted by atomic mass is 32.2. The van der Waals surface area contributed by atoms with Gasteiger partial charge in [0.1, 0.15) is 15.7 Å². The summed E-state index contributed by atoms with van der Waals surface area (Å²) in [7, 11) is -2.94. The molecule has 0 aromatic carbocycles. The molecule has 0 aliphatic heterocycles. The molecule has 2 atom stereocenters. The zero-order chi connectivity index (χ0) is 15.0. The Balaban J connectivity index is 1.73. The molecule has 2 saturated carbocycles. The van der Waals surface area contributed by atoms with E-state index in [0.717, 1.165) is 49.5 Å². The van der Waals surface area contributed by atoms with E-state index in [1.165, 1.54) is 6.26 Å². The normalized spacial score (nSPS) is 27.0. The molecule has 2 aliphatic carbocycles. The number of thioether (sulfide) groups is 1. The van der Waals surface area contributed by atoms with Crippen LogP contribution in [-0.4, -0.2) is 39.9 Å². The first kappa shape index (κ1) is 15.3. The zero-order valence-electron chi connectivity index (χ0n) is 12.2. The first-order valence-corrected chi connectivity index (χ1v) is 10.3. The Morgan fingerprint density at radius 2 is 2.05 bits per heavy atom. The third-order valence-electron chi connectivity index (χ3n) is 4.29. The van der Waals surface area contributed by atoms with Gasteiger partial charge in [0.05, 0.1) is 11.8 Å². The number of rotatable bonds is 5. The van der Waals surface area contributed by atoms with Crippen molar-refractivity contribution in [1.82, 2.24) is 14.8 Å². The number of nitrogens with zero attached hydrogens (tertiary/aromatic N) is 3. The monoisotopic (exact) mass is 330 g/mol. The summed E-state index contributed by atoms with van der Waals surface area (Å²) in [5, 5.41) is 9.48. The standard InChI is InChI=1S/C13H22N4O2S2/c1-21(18,19)11-4-2-3-10(7-11)20-13-16-15-12(8-14)17(13)9-5-6-9/h9-11H,2-8,14H2,1H3. The second kappa shape index (κ2) is 5.89. The smallest absolute Gasteiger partial charge is 0.191 e. The van der Waals surface area contributed by atoms with Crippen LogP contribution in [0.15, 0.2) is 5.16 Å². The molecule has 0 radical (unpaired) electrons. The van der Waals surface area contributed by atoms with Crippen molar-refractivity contribution in [2.24, 2.45) is 5.73 Å². The first-order valence-electron chi connectivity index (χ1n) is 7.48. The van der Waals surface area contributed by atoms with Crippen LogP contribution in [-0.2, 0) is 16.4 Å². The van der Waals surface area contributed by atoms with Crippen molar-refractivity contribution in [3.8, 4) is 0 Å². The summed E-state index contributed by atoms with van der Waals surface area (Å²) in [6, 6.07) is 0.496. The number of sulfone groups is 1. The number of hydrogen-bond acceptors (Lipinski definition) is 6. The molecular weight excluding hydrogens is 308 g/mol. The van der Waals surface area contributed by atoms with Gasteiger partial charge in [-0.15, -0.1) is 10.2 Å². The van der Waals surface area contributed by atoms with Gasteiger partial charge in [-0.25, -0.2) is 8.42 Å². The summed E-state index contributed by atoms with van der Waals surface area (Å²) in [4.78, 5) is 0. The molecule has 2 fully saturated rings. The van der Waals surface area contributed by atoms with Crippen LogP contribution >= 0.6 is 11.8 Å². The minimum absolute atomic E-state index is 0.199. The lowest BCUT2D eigenvalue weighted by molar-refractivity contribution is 0.493. The van der Waals surface area contributed by atoms with Crippen LogP contribution < -0.4 is 5.73 Å². The van der Waals surface area contributed by atoms with E-state index >= 15 is 0 Å². The van der Waals surface area contributed by atoms with Gasteiger partial charge in [-0.05, 0) is 32.1 Å². The molecule has 2 aliphatic rings. The quantitative estimate of drug-likeness (QED) is 0.880. The van der Waals surface area contributed by atoms with Crippen molar-refractivity contribution in [1.29, 1.82) is 0 Å². The molecule has 1 heterocycles. The van der Waals surface area contributed by atoms with Crippen LogP contribution in [0.5, 0.6) is 0 Å².